The van der Waals surface area contributed by atoms with Crippen molar-refractivity contribution in [2.45, 2.75) is 39.5 Å². The summed E-state index contributed by atoms with van der Waals surface area (Å²) in [5.41, 5.74) is 2.21. The standard InChI is InChI=1S/C27H29IN4O4S/c1-6-22-31-32-24(29)19(25(33)30-26(32)37-22)13-16-14-20(28)23(21(15-16)34-5)36-12-11-35-18-9-7-17(8-10-18)27(2,3)4/h7-10,13-15,29H,6,11-12H2,1-5H3/b19-13-,29-24?. The van der Waals surface area contributed by atoms with Crippen molar-refractivity contribution in [1.82, 2.24) is 5.01 Å². The van der Waals surface area contributed by atoms with E-state index in [1.807, 2.05) is 25.1 Å². The molecule has 2 aromatic carbocycles. The zero-order valence-electron chi connectivity index (χ0n) is 21.4. The van der Waals surface area contributed by atoms with Crippen molar-refractivity contribution in [3.63, 3.8) is 0 Å². The van der Waals surface area contributed by atoms with Crippen molar-refractivity contribution in [2.24, 2.45) is 10.1 Å². The summed E-state index contributed by atoms with van der Waals surface area (Å²) in [4.78, 5) is 16.8. The van der Waals surface area contributed by atoms with Gasteiger partial charge in [0, 0.05) is 0 Å². The second-order valence-electron chi connectivity index (χ2n) is 9.37. The molecule has 1 amide bonds. The predicted molar refractivity (Wildman–Crippen MR) is 157 cm³/mol. The van der Waals surface area contributed by atoms with E-state index in [4.69, 9.17) is 19.6 Å². The maximum atomic E-state index is 12.7. The summed E-state index contributed by atoms with van der Waals surface area (Å²) < 4.78 is 18.2. The van der Waals surface area contributed by atoms with Gasteiger partial charge in [-0.1, -0.05) is 39.8 Å². The van der Waals surface area contributed by atoms with Crippen molar-refractivity contribution in [1.29, 1.82) is 5.41 Å². The summed E-state index contributed by atoms with van der Waals surface area (Å²) in [6.45, 7) is 9.21. The highest BCUT2D eigenvalue weighted by molar-refractivity contribution is 14.1. The van der Waals surface area contributed by atoms with Crippen molar-refractivity contribution >= 4 is 62.4 Å². The lowest BCUT2D eigenvalue weighted by Crippen LogP contribution is -2.35. The number of amidine groups is 2. The first-order chi connectivity index (χ1) is 17.6. The molecule has 1 N–H and O–H groups in total. The van der Waals surface area contributed by atoms with E-state index in [9.17, 15) is 4.79 Å². The lowest BCUT2D eigenvalue weighted by Gasteiger charge is -2.20. The first-order valence-corrected chi connectivity index (χ1v) is 13.7. The second kappa shape index (κ2) is 11.3. The Kier molecular flexibility index (Phi) is 8.27. The van der Waals surface area contributed by atoms with Crippen LogP contribution < -0.4 is 14.2 Å². The molecule has 0 aromatic heterocycles. The van der Waals surface area contributed by atoms with Gasteiger partial charge in [-0.25, -0.2) is 0 Å². The highest BCUT2D eigenvalue weighted by atomic mass is 127. The molecule has 0 fully saturated rings. The fraction of sp³-hybridized carbons (Fsp3) is 0.333. The molecule has 10 heteroatoms. The van der Waals surface area contributed by atoms with Crippen LogP contribution in [0.25, 0.3) is 6.08 Å². The van der Waals surface area contributed by atoms with E-state index in [0.717, 1.165) is 14.4 Å². The summed E-state index contributed by atoms with van der Waals surface area (Å²) in [7, 11) is 1.56. The number of ether oxygens (including phenoxy) is 3. The maximum Gasteiger partial charge on any atom is 0.283 e. The fourth-order valence-electron chi connectivity index (χ4n) is 3.66. The number of halogens is 1. The molecule has 4 rings (SSSR count). The highest BCUT2D eigenvalue weighted by Crippen LogP contribution is 2.36. The molecule has 0 unspecified atom stereocenters. The molecule has 2 aliphatic rings. The van der Waals surface area contributed by atoms with Crippen molar-refractivity contribution in [3.05, 3.63) is 56.7 Å². The molecule has 0 bridgehead atoms. The Bertz CT molecular complexity index is 1310. The molecule has 2 heterocycles. The number of methoxy groups -OCH3 is 1. The number of hydrogen-bond acceptors (Lipinski definition) is 7. The number of carbonyl (C=O) groups excluding carboxylic acids is 1. The van der Waals surface area contributed by atoms with Gasteiger partial charge < -0.3 is 14.2 Å². The molecule has 194 valence electrons. The van der Waals surface area contributed by atoms with E-state index in [2.05, 4.69) is 65.6 Å². The fourth-order valence-corrected chi connectivity index (χ4v) is 5.26. The smallest absolute Gasteiger partial charge is 0.283 e. The van der Waals surface area contributed by atoms with Crippen molar-refractivity contribution in [3.8, 4) is 17.2 Å². The first kappa shape index (κ1) is 27.2. The van der Waals surface area contributed by atoms with Crippen LogP contribution >= 0.6 is 34.4 Å². The van der Waals surface area contributed by atoms with E-state index in [0.29, 0.717) is 41.9 Å². The number of thioether (sulfide) groups is 1. The number of carbonyl (C=O) groups is 1. The summed E-state index contributed by atoms with van der Waals surface area (Å²) >= 11 is 3.49. The Hall–Kier alpha value is -2.86. The number of benzene rings is 2. The first-order valence-electron chi connectivity index (χ1n) is 11.8. The zero-order chi connectivity index (χ0) is 26.7. The molecule has 2 aliphatic heterocycles. The SMILES string of the molecule is CCC1=NN2C(=N)/C(=C/c3cc(I)c(OCCOc4ccc(C(C)(C)C)cc4)c(OC)c3)C(=O)N=C2S1. The third-order valence-electron chi connectivity index (χ3n) is 5.68. The Morgan fingerprint density at radius 3 is 2.49 bits per heavy atom. The molecule has 2 aromatic rings. The lowest BCUT2D eigenvalue weighted by molar-refractivity contribution is -0.114. The van der Waals surface area contributed by atoms with Gasteiger partial charge in [0.2, 0.25) is 5.17 Å². The average molecular weight is 633 g/mol. The number of amides is 1. The van der Waals surface area contributed by atoms with Gasteiger partial charge in [-0.15, -0.1) is 0 Å². The van der Waals surface area contributed by atoms with E-state index in [1.54, 1.807) is 19.3 Å². The average Bonchev–Trinajstić information content (AvgIpc) is 3.28. The van der Waals surface area contributed by atoms with Gasteiger partial charge in [0.05, 0.1) is 16.3 Å². The van der Waals surface area contributed by atoms with Gasteiger partial charge in [-0.2, -0.15) is 15.1 Å². The monoisotopic (exact) mass is 632 g/mol. The summed E-state index contributed by atoms with van der Waals surface area (Å²) in [6.07, 6.45) is 2.35. The van der Waals surface area contributed by atoms with Crippen LogP contribution in [0.1, 0.15) is 45.2 Å². The van der Waals surface area contributed by atoms with Crippen LogP contribution in [0.5, 0.6) is 17.2 Å². The van der Waals surface area contributed by atoms with Crippen LogP contribution in [0.4, 0.5) is 0 Å². The largest absolute Gasteiger partial charge is 0.493 e. The Morgan fingerprint density at radius 1 is 1.14 bits per heavy atom. The van der Waals surface area contributed by atoms with E-state index >= 15 is 0 Å². The summed E-state index contributed by atoms with van der Waals surface area (Å²) in [6, 6.07) is 11.7. The van der Waals surface area contributed by atoms with Crippen molar-refractivity contribution in [2.75, 3.05) is 20.3 Å². The highest BCUT2D eigenvalue weighted by Gasteiger charge is 2.35. The minimum Gasteiger partial charge on any atom is -0.493 e. The van der Waals surface area contributed by atoms with Crippen LogP contribution in [-0.2, 0) is 10.2 Å². The van der Waals surface area contributed by atoms with E-state index in [1.165, 1.54) is 22.3 Å². The van der Waals surface area contributed by atoms with E-state index < -0.39 is 5.91 Å². The number of rotatable bonds is 8. The molecule has 37 heavy (non-hydrogen) atoms. The third kappa shape index (κ3) is 6.18. The molecule has 0 saturated heterocycles. The molecule has 8 nitrogen and oxygen atoms in total. The van der Waals surface area contributed by atoms with Gasteiger partial charge >= 0.3 is 0 Å². The second-order valence-corrected chi connectivity index (χ2v) is 11.6. The van der Waals surface area contributed by atoms with Gasteiger partial charge in [-0.05, 0) is 87.7 Å². The minimum atomic E-state index is -0.460. The molecule has 0 atom stereocenters. The number of hydrogen-bond donors (Lipinski definition) is 1. The van der Waals surface area contributed by atoms with Crippen LogP contribution in [0, 0.1) is 8.98 Å². The number of fused-ring (bicyclic) bond motifs is 1. The number of nitrogens with one attached hydrogen (secondary N) is 1. The van der Waals surface area contributed by atoms with Gasteiger partial charge in [0.1, 0.15) is 24.0 Å². The number of hydrazone groups is 1. The minimum absolute atomic E-state index is 0.00735. The van der Waals surface area contributed by atoms with Gasteiger partial charge in [0.15, 0.2) is 17.3 Å². The Morgan fingerprint density at radius 2 is 1.84 bits per heavy atom. The molecule has 0 aliphatic carbocycles. The summed E-state index contributed by atoms with van der Waals surface area (Å²) in [5, 5.41) is 15.5. The lowest BCUT2D eigenvalue weighted by atomic mass is 9.87. The van der Waals surface area contributed by atoms with Crippen LogP contribution in [-0.4, -0.2) is 47.3 Å². The number of nitrogens with zero attached hydrogens (tertiary/aromatic N) is 3. The molecule has 0 saturated carbocycles. The molecule has 0 spiro atoms. The van der Waals surface area contributed by atoms with Crippen LogP contribution in [0.15, 0.2) is 52.1 Å². The quantitative estimate of drug-likeness (QED) is 0.215. The third-order valence-corrected chi connectivity index (χ3v) is 7.53. The molecular formula is C27H29IN4O4S. The normalized spacial score (nSPS) is 16.5. The van der Waals surface area contributed by atoms with Gasteiger partial charge in [0.25, 0.3) is 5.91 Å². The summed E-state index contributed by atoms with van der Waals surface area (Å²) in [5.74, 6) is 1.45. The molecular weight excluding hydrogens is 603 g/mol. The van der Waals surface area contributed by atoms with Crippen molar-refractivity contribution < 1.29 is 19.0 Å². The predicted octanol–water partition coefficient (Wildman–Crippen LogP) is 6.08. The molecule has 0 radical (unpaired) electrons. The number of aliphatic imine (C=N–C) groups is 1. The Labute approximate surface area is 234 Å². The zero-order valence-corrected chi connectivity index (χ0v) is 24.4. The van der Waals surface area contributed by atoms with Crippen LogP contribution in [0.2, 0.25) is 0 Å². The maximum absolute atomic E-state index is 12.7. The Balaban J connectivity index is 1.44. The van der Waals surface area contributed by atoms with Gasteiger partial charge in [-0.3, -0.25) is 10.2 Å². The van der Waals surface area contributed by atoms with Crippen LogP contribution in [0.3, 0.4) is 0 Å². The van der Waals surface area contributed by atoms with E-state index in [-0.39, 0.29) is 16.8 Å². The topological polar surface area (TPSA) is 96.6 Å².